The van der Waals surface area contributed by atoms with E-state index in [2.05, 4.69) is 9.97 Å². The molecule has 0 radical (unpaired) electrons. The number of nitrogens with two attached hydrogens (primary N) is 1. The number of carbonyl (C=O) groups excluding carboxylic acids is 1. The predicted octanol–water partition coefficient (Wildman–Crippen LogP) is 2.33. The van der Waals surface area contributed by atoms with E-state index in [1.807, 2.05) is 22.8 Å². The molecule has 2 heterocycles. The first kappa shape index (κ1) is 23.5. The molecule has 1 aromatic carbocycles. The highest BCUT2D eigenvalue weighted by Gasteiger charge is 2.33. The van der Waals surface area contributed by atoms with Gasteiger partial charge in [-0.1, -0.05) is 12.1 Å². The number of amides is 1. The lowest BCUT2D eigenvalue weighted by molar-refractivity contribution is -0.120. The Balaban J connectivity index is 1.44. The maximum absolute atomic E-state index is 15.5. The molecule has 2 fully saturated rings. The van der Waals surface area contributed by atoms with Gasteiger partial charge < -0.3 is 15.7 Å². The summed E-state index contributed by atoms with van der Waals surface area (Å²) < 4.78 is 29.9. The standard InChI is InChI=1S/C24H31F2N5O2/c1-15-2-3-17(19(25)10-15)11-31(18-5-6-18)24-23(26)20(28-14-29-24)7-4-16-8-9-30(12-21(16)32)13-22(27)33/h2-3,10,14,16,18,21,32H,4-9,11-13H2,1H3,(H2,27,33)/t16-,21-/m0/s1. The van der Waals surface area contributed by atoms with Crippen LogP contribution in [0.5, 0.6) is 0 Å². The number of hydrogen-bond donors (Lipinski definition) is 2. The number of aryl methyl sites for hydroxylation is 2. The van der Waals surface area contributed by atoms with Crippen LogP contribution in [0.3, 0.4) is 0 Å². The van der Waals surface area contributed by atoms with Crippen LogP contribution >= 0.6 is 0 Å². The lowest BCUT2D eigenvalue weighted by Gasteiger charge is -2.35. The number of likely N-dealkylation sites (tertiary alicyclic amines) is 1. The molecule has 0 bridgehead atoms. The maximum Gasteiger partial charge on any atom is 0.231 e. The Morgan fingerprint density at radius 2 is 2.06 bits per heavy atom. The van der Waals surface area contributed by atoms with Gasteiger partial charge in [0.25, 0.3) is 0 Å². The van der Waals surface area contributed by atoms with Crippen molar-refractivity contribution >= 4 is 11.7 Å². The van der Waals surface area contributed by atoms with Crippen molar-refractivity contribution in [3.63, 3.8) is 0 Å². The molecule has 1 aromatic heterocycles. The summed E-state index contributed by atoms with van der Waals surface area (Å²) in [6.07, 6.45) is 4.25. The third-order valence-electron chi connectivity index (χ3n) is 6.59. The minimum atomic E-state index is -0.602. The SMILES string of the molecule is Cc1ccc(CN(c2ncnc(CC[C@H]3CCN(CC(N)=O)C[C@@H]3O)c2F)C2CC2)c(F)c1. The van der Waals surface area contributed by atoms with Gasteiger partial charge in [-0.05, 0) is 63.1 Å². The largest absolute Gasteiger partial charge is 0.392 e. The van der Waals surface area contributed by atoms with E-state index < -0.39 is 17.8 Å². The van der Waals surface area contributed by atoms with Crippen LogP contribution in [0, 0.1) is 24.5 Å². The number of aromatic nitrogens is 2. The summed E-state index contributed by atoms with van der Waals surface area (Å²) in [6, 6.07) is 5.22. The van der Waals surface area contributed by atoms with Gasteiger partial charge in [0.1, 0.15) is 12.1 Å². The van der Waals surface area contributed by atoms with Gasteiger partial charge in [-0.25, -0.2) is 18.7 Å². The molecule has 2 aliphatic rings. The number of primary amides is 1. The molecule has 2 aromatic rings. The Kier molecular flexibility index (Phi) is 7.19. The molecule has 2 atom stereocenters. The van der Waals surface area contributed by atoms with Gasteiger partial charge in [0.05, 0.1) is 18.3 Å². The number of β-amino-alcohol motifs (C(OH)–C–C–N with tert-alkyl or cyclic N) is 1. The zero-order valence-corrected chi connectivity index (χ0v) is 18.9. The number of carbonyl (C=O) groups is 1. The van der Waals surface area contributed by atoms with E-state index in [9.17, 15) is 14.3 Å². The molecule has 1 saturated carbocycles. The number of anilines is 1. The molecule has 0 unspecified atom stereocenters. The monoisotopic (exact) mass is 459 g/mol. The van der Waals surface area contributed by atoms with E-state index >= 15 is 4.39 Å². The number of aliphatic hydroxyl groups is 1. The van der Waals surface area contributed by atoms with Crippen molar-refractivity contribution in [2.24, 2.45) is 11.7 Å². The Morgan fingerprint density at radius 3 is 2.73 bits per heavy atom. The molecule has 1 saturated heterocycles. The molecule has 7 nitrogen and oxygen atoms in total. The van der Waals surface area contributed by atoms with Crippen LogP contribution in [0.1, 0.15) is 42.5 Å². The number of rotatable bonds is 9. The van der Waals surface area contributed by atoms with Crippen LogP contribution in [0.2, 0.25) is 0 Å². The van der Waals surface area contributed by atoms with Gasteiger partial charge >= 0.3 is 0 Å². The van der Waals surface area contributed by atoms with E-state index in [-0.39, 0.29) is 36.7 Å². The van der Waals surface area contributed by atoms with Crippen LogP contribution in [-0.4, -0.2) is 57.7 Å². The highest BCUT2D eigenvalue weighted by atomic mass is 19.1. The average Bonchev–Trinajstić information content (AvgIpc) is 3.59. The second-order valence-electron chi connectivity index (χ2n) is 9.27. The average molecular weight is 460 g/mol. The first-order valence-corrected chi connectivity index (χ1v) is 11.5. The third kappa shape index (κ3) is 5.83. The zero-order valence-electron chi connectivity index (χ0n) is 18.9. The van der Waals surface area contributed by atoms with Crippen LogP contribution in [-0.2, 0) is 17.8 Å². The summed E-state index contributed by atoms with van der Waals surface area (Å²) in [6.45, 7) is 3.26. The summed E-state index contributed by atoms with van der Waals surface area (Å²) in [5.74, 6) is -0.987. The van der Waals surface area contributed by atoms with Gasteiger partial charge in [-0.3, -0.25) is 9.69 Å². The Bertz CT molecular complexity index is 1000. The molecule has 178 valence electrons. The Hall–Kier alpha value is -2.65. The predicted molar refractivity (Wildman–Crippen MR) is 120 cm³/mol. The minimum Gasteiger partial charge on any atom is -0.392 e. The number of halogens is 2. The summed E-state index contributed by atoms with van der Waals surface area (Å²) in [5, 5.41) is 10.5. The number of hydrogen-bond acceptors (Lipinski definition) is 6. The van der Waals surface area contributed by atoms with Crippen molar-refractivity contribution in [2.75, 3.05) is 24.5 Å². The Labute approximate surface area is 192 Å². The number of aliphatic hydroxyl groups excluding tert-OH is 1. The maximum atomic E-state index is 15.5. The fourth-order valence-electron chi connectivity index (χ4n) is 4.57. The smallest absolute Gasteiger partial charge is 0.231 e. The van der Waals surface area contributed by atoms with Gasteiger partial charge in [0.2, 0.25) is 5.91 Å². The van der Waals surface area contributed by atoms with E-state index in [0.29, 0.717) is 43.6 Å². The lowest BCUT2D eigenvalue weighted by atomic mass is 9.89. The molecule has 9 heteroatoms. The molecule has 4 rings (SSSR count). The van der Waals surface area contributed by atoms with Crippen LogP contribution in [0.15, 0.2) is 24.5 Å². The van der Waals surface area contributed by atoms with Gasteiger partial charge in [-0.2, -0.15) is 0 Å². The van der Waals surface area contributed by atoms with Gasteiger partial charge in [-0.15, -0.1) is 0 Å². The number of piperidine rings is 1. The van der Waals surface area contributed by atoms with Crippen molar-refractivity contribution < 1.29 is 18.7 Å². The van der Waals surface area contributed by atoms with Crippen LogP contribution in [0.4, 0.5) is 14.6 Å². The fraction of sp³-hybridized carbons (Fsp3) is 0.542. The first-order valence-electron chi connectivity index (χ1n) is 11.5. The molecule has 1 aliphatic carbocycles. The van der Waals surface area contributed by atoms with E-state index in [1.165, 1.54) is 12.4 Å². The normalized spacial score (nSPS) is 21.2. The summed E-state index contributed by atoms with van der Waals surface area (Å²) in [4.78, 5) is 23.2. The number of benzene rings is 1. The van der Waals surface area contributed by atoms with Gasteiger partial charge in [0.15, 0.2) is 11.6 Å². The molecular weight excluding hydrogens is 428 g/mol. The summed E-state index contributed by atoms with van der Waals surface area (Å²) >= 11 is 0. The van der Waals surface area contributed by atoms with E-state index in [0.717, 1.165) is 18.4 Å². The van der Waals surface area contributed by atoms with Crippen molar-refractivity contribution in [3.8, 4) is 0 Å². The van der Waals surface area contributed by atoms with Gasteiger partial charge in [0, 0.05) is 24.7 Å². The molecule has 0 spiro atoms. The van der Waals surface area contributed by atoms with E-state index in [1.54, 1.807) is 6.07 Å². The van der Waals surface area contributed by atoms with Crippen molar-refractivity contribution in [2.45, 2.75) is 57.7 Å². The second kappa shape index (κ2) is 10.1. The highest BCUT2D eigenvalue weighted by molar-refractivity contribution is 5.75. The first-order chi connectivity index (χ1) is 15.8. The van der Waals surface area contributed by atoms with Crippen molar-refractivity contribution in [1.29, 1.82) is 0 Å². The lowest BCUT2D eigenvalue weighted by Crippen LogP contribution is -2.46. The topological polar surface area (TPSA) is 95.6 Å². The minimum absolute atomic E-state index is 0.00636. The molecular formula is C24H31F2N5O2. The molecule has 1 amide bonds. The summed E-state index contributed by atoms with van der Waals surface area (Å²) in [5.41, 5.74) is 6.90. The quantitative estimate of drug-likeness (QED) is 0.598. The molecule has 1 aliphatic heterocycles. The fourth-order valence-corrected chi connectivity index (χ4v) is 4.57. The van der Waals surface area contributed by atoms with E-state index in [4.69, 9.17) is 5.73 Å². The van der Waals surface area contributed by atoms with Crippen LogP contribution < -0.4 is 10.6 Å². The highest BCUT2D eigenvalue weighted by Crippen LogP contribution is 2.34. The second-order valence-corrected chi connectivity index (χ2v) is 9.27. The number of nitrogens with zero attached hydrogens (tertiary/aromatic N) is 4. The Morgan fingerprint density at radius 1 is 1.27 bits per heavy atom. The molecule has 3 N–H and O–H groups in total. The van der Waals surface area contributed by atoms with Crippen LogP contribution in [0.25, 0.3) is 0 Å². The molecule has 33 heavy (non-hydrogen) atoms. The summed E-state index contributed by atoms with van der Waals surface area (Å²) in [7, 11) is 0. The van der Waals surface area contributed by atoms with Crippen molar-refractivity contribution in [1.82, 2.24) is 14.9 Å². The van der Waals surface area contributed by atoms with Crippen molar-refractivity contribution in [3.05, 3.63) is 53.0 Å². The third-order valence-corrected chi connectivity index (χ3v) is 6.59. The zero-order chi connectivity index (χ0) is 23.5.